The van der Waals surface area contributed by atoms with Crippen molar-refractivity contribution in [3.8, 4) is 0 Å². The van der Waals surface area contributed by atoms with E-state index < -0.39 is 29.2 Å². The predicted octanol–water partition coefficient (Wildman–Crippen LogP) is -0.576. The van der Waals surface area contributed by atoms with E-state index >= 15 is 0 Å². The molecule has 2 aliphatic rings. The summed E-state index contributed by atoms with van der Waals surface area (Å²) in [7, 11) is 1.67. The summed E-state index contributed by atoms with van der Waals surface area (Å²) in [6.07, 6.45) is 3.02. The highest BCUT2D eigenvalue weighted by molar-refractivity contribution is 8.01. The number of oxime groups is 1. The first kappa shape index (κ1) is 25.7. The van der Waals surface area contributed by atoms with Crippen LogP contribution in [0.4, 0.5) is 5.13 Å². The number of aromatic amines is 1. The first-order valence-electron chi connectivity index (χ1n) is 10.8. The highest BCUT2D eigenvalue weighted by Crippen LogP contribution is 2.41. The number of amides is 2. The fourth-order valence-electron chi connectivity index (χ4n) is 3.63. The lowest BCUT2D eigenvalue weighted by Gasteiger charge is -2.49. The van der Waals surface area contributed by atoms with Crippen molar-refractivity contribution in [1.82, 2.24) is 45.4 Å². The zero-order chi connectivity index (χ0) is 26.8. The number of tetrazole rings is 1. The number of hydrogen-bond donors (Lipinski definition) is 4. The Kier molecular flexibility index (Phi) is 7.29. The third-order valence-corrected chi connectivity index (χ3v) is 8.51. The van der Waals surface area contributed by atoms with Crippen LogP contribution in [0.15, 0.2) is 39.5 Å². The molecule has 0 bridgehead atoms. The Balaban J connectivity index is 1.30. The number of nitrogens with one attached hydrogen (secondary N) is 2. The van der Waals surface area contributed by atoms with Crippen LogP contribution in [0.25, 0.3) is 0 Å². The summed E-state index contributed by atoms with van der Waals surface area (Å²) < 4.78 is 1.47. The molecule has 38 heavy (non-hydrogen) atoms. The number of nitrogen functional groups attached to an aromatic ring is 1. The van der Waals surface area contributed by atoms with Crippen LogP contribution in [0, 0.1) is 0 Å². The highest BCUT2D eigenvalue weighted by Gasteiger charge is 2.54. The standard InChI is InChI=1S/C19H19N11O5S3/c1-29-19(25-27-28-29)38-5-8-4-36-16-12(15(32)30(16)13(8)17(33)34)24-14(31)11(10-6-37-18(20)23-10)26-35-3-9-2-21-7-22-9/h2,6-7,12,16H,3-5H2,1H3,(H2,20,23)(H,21,22)(H,24,31)(H,33,34)/t12-,16+/m1/s1. The average Bonchev–Trinajstić information content (AvgIpc) is 3.66. The van der Waals surface area contributed by atoms with Crippen LogP contribution < -0.4 is 11.1 Å². The predicted molar refractivity (Wildman–Crippen MR) is 136 cm³/mol. The van der Waals surface area contributed by atoms with E-state index in [1.165, 1.54) is 39.4 Å². The molecule has 0 spiro atoms. The fourth-order valence-corrected chi connectivity index (χ4v) is 6.51. The number of thiazole rings is 1. The number of carboxylic acid groups (broad SMARTS) is 1. The quantitative estimate of drug-likeness (QED) is 0.103. The number of aliphatic carboxylic acids is 1. The van der Waals surface area contributed by atoms with Gasteiger partial charge in [0.25, 0.3) is 11.8 Å². The number of anilines is 1. The number of carbonyl (C=O) groups is 3. The molecule has 5 rings (SSSR count). The monoisotopic (exact) mass is 577 g/mol. The summed E-state index contributed by atoms with van der Waals surface area (Å²) in [5.74, 6) is -1.86. The molecule has 3 aromatic rings. The molecule has 16 nitrogen and oxygen atoms in total. The van der Waals surface area contributed by atoms with Crippen molar-refractivity contribution < 1.29 is 24.3 Å². The van der Waals surface area contributed by atoms with Crippen LogP contribution in [-0.4, -0.2) is 91.6 Å². The van der Waals surface area contributed by atoms with Crippen molar-refractivity contribution in [2.75, 3.05) is 17.2 Å². The lowest BCUT2D eigenvalue weighted by molar-refractivity contribution is -0.150. The number of H-pyrrole nitrogens is 1. The van der Waals surface area contributed by atoms with Crippen LogP contribution in [0.1, 0.15) is 11.4 Å². The average molecular weight is 578 g/mol. The number of nitrogens with zero attached hydrogens (tertiary/aromatic N) is 8. The Morgan fingerprint density at radius 2 is 2.29 bits per heavy atom. The van der Waals surface area contributed by atoms with E-state index in [9.17, 15) is 19.5 Å². The number of rotatable bonds is 10. The zero-order valence-electron chi connectivity index (χ0n) is 19.5. The minimum atomic E-state index is -1.23. The van der Waals surface area contributed by atoms with Crippen LogP contribution in [0.2, 0.25) is 0 Å². The van der Waals surface area contributed by atoms with E-state index in [4.69, 9.17) is 10.6 Å². The molecule has 0 saturated carbocycles. The number of thioether (sulfide) groups is 2. The number of carboxylic acids is 1. The van der Waals surface area contributed by atoms with E-state index in [1.54, 1.807) is 18.6 Å². The zero-order valence-corrected chi connectivity index (χ0v) is 21.9. The van der Waals surface area contributed by atoms with Gasteiger partial charge in [0.1, 0.15) is 22.8 Å². The molecule has 2 amide bonds. The normalized spacial score (nSPS) is 19.2. The smallest absolute Gasteiger partial charge is 0.352 e. The van der Waals surface area contributed by atoms with Gasteiger partial charge in [0.2, 0.25) is 5.16 Å². The van der Waals surface area contributed by atoms with E-state index in [0.717, 1.165) is 11.3 Å². The van der Waals surface area contributed by atoms with Gasteiger partial charge in [0.15, 0.2) is 17.5 Å². The number of fused-ring (bicyclic) bond motifs is 1. The van der Waals surface area contributed by atoms with Gasteiger partial charge in [0, 0.05) is 23.9 Å². The molecule has 5 N–H and O–H groups in total. The van der Waals surface area contributed by atoms with Gasteiger partial charge in [-0.05, 0) is 16.0 Å². The molecule has 198 valence electrons. The van der Waals surface area contributed by atoms with Crippen molar-refractivity contribution in [2.24, 2.45) is 12.2 Å². The van der Waals surface area contributed by atoms with Crippen LogP contribution in [0.3, 0.4) is 0 Å². The lowest BCUT2D eigenvalue weighted by atomic mass is 10.0. The Hall–Kier alpha value is -3.97. The lowest BCUT2D eigenvalue weighted by Crippen LogP contribution is -2.71. The SMILES string of the molecule is Cn1nnnc1SCC1=C(C(=O)O)N2C(=O)[C@@H](NC(=O)C(=NOCc3cnc[nH]3)c3csc(N)n3)[C@@H]2SC1. The molecule has 1 fully saturated rings. The summed E-state index contributed by atoms with van der Waals surface area (Å²) in [6.45, 7) is 0.0168. The van der Waals surface area contributed by atoms with Crippen molar-refractivity contribution in [3.05, 3.63) is 40.6 Å². The molecule has 0 radical (unpaired) electrons. The van der Waals surface area contributed by atoms with Gasteiger partial charge in [-0.25, -0.2) is 19.4 Å². The van der Waals surface area contributed by atoms with Gasteiger partial charge in [0.05, 0.1) is 18.2 Å². The molecule has 0 aromatic carbocycles. The third kappa shape index (κ3) is 5.07. The maximum Gasteiger partial charge on any atom is 0.352 e. The van der Waals surface area contributed by atoms with Gasteiger partial charge < -0.3 is 26.0 Å². The second-order valence-corrected chi connectivity index (χ2v) is 10.8. The number of nitrogens with two attached hydrogens (primary N) is 1. The van der Waals surface area contributed by atoms with Crippen molar-refractivity contribution >= 4 is 63.5 Å². The van der Waals surface area contributed by atoms with E-state index in [2.05, 4.69) is 40.9 Å². The molecule has 1 saturated heterocycles. The second kappa shape index (κ2) is 10.8. The number of imidazole rings is 1. The summed E-state index contributed by atoms with van der Waals surface area (Å²) in [5.41, 5.74) is 6.81. The Bertz CT molecular complexity index is 1430. The van der Waals surface area contributed by atoms with Crippen LogP contribution in [0.5, 0.6) is 0 Å². The van der Waals surface area contributed by atoms with Gasteiger partial charge in [-0.15, -0.1) is 28.2 Å². The summed E-state index contributed by atoms with van der Waals surface area (Å²) in [6, 6.07) is -0.965. The van der Waals surface area contributed by atoms with Gasteiger partial charge in [-0.3, -0.25) is 14.5 Å². The molecule has 19 heteroatoms. The van der Waals surface area contributed by atoms with Gasteiger partial charge in [-0.2, -0.15) is 0 Å². The second-order valence-electron chi connectivity index (χ2n) is 7.85. The molecule has 3 aromatic heterocycles. The molecule has 0 aliphatic carbocycles. The fraction of sp³-hybridized carbons (Fsp3) is 0.316. The highest BCUT2D eigenvalue weighted by atomic mass is 32.2. The molecule has 0 unspecified atom stereocenters. The Morgan fingerprint density at radius 1 is 1.45 bits per heavy atom. The van der Waals surface area contributed by atoms with E-state index in [0.29, 0.717) is 22.2 Å². The van der Waals surface area contributed by atoms with Gasteiger partial charge in [-0.1, -0.05) is 16.9 Å². The summed E-state index contributed by atoms with van der Waals surface area (Å²) >= 11 is 3.73. The van der Waals surface area contributed by atoms with E-state index in [1.807, 2.05) is 0 Å². The first-order valence-corrected chi connectivity index (χ1v) is 13.7. The minimum Gasteiger partial charge on any atom is -0.477 e. The van der Waals surface area contributed by atoms with Crippen molar-refractivity contribution in [2.45, 2.75) is 23.2 Å². The Morgan fingerprint density at radius 3 is 2.95 bits per heavy atom. The molecule has 5 heterocycles. The third-order valence-electron chi connectivity index (χ3n) is 5.40. The maximum absolute atomic E-state index is 13.2. The Labute approximate surface area is 226 Å². The van der Waals surface area contributed by atoms with Gasteiger partial charge >= 0.3 is 5.97 Å². The van der Waals surface area contributed by atoms with E-state index in [-0.39, 0.29) is 34.6 Å². The number of hydrogen-bond acceptors (Lipinski definition) is 14. The van der Waals surface area contributed by atoms with Crippen LogP contribution in [-0.2, 0) is 32.9 Å². The maximum atomic E-state index is 13.2. The summed E-state index contributed by atoms with van der Waals surface area (Å²) in [5, 5.41) is 29.3. The largest absolute Gasteiger partial charge is 0.477 e. The molecule has 2 aliphatic heterocycles. The van der Waals surface area contributed by atoms with Crippen LogP contribution >= 0.6 is 34.9 Å². The van der Waals surface area contributed by atoms with Crippen molar-refractivity contribution in [1.29, 1.82) is 0 Å². The number of carbonyl (C=O) groups excluding carboxylic acids is 2. The minimum absolute atomic E-state index is 0.0168. The first-order chi connectivity index (χ1) is 18.3. The molecular formula is C19H19N11O5S3. The summed E-state index contributed by atoms with van der Waals surface area (Å²) in [4.78, 5) is 55.6. The molecular weight excluding hydrogens is 558 g/mol. The topological polar surface area (TPSA) is 219 Å². The molecule has 2 atom stereocenters. The van der Waals surface area contributed by atoms with Crippen molar-refractivity contribution in [3.63, 3.8) is 0 Å². The number of aryl methyl sites for hydroxylation is 1. The number of β-lactam (4-membered cyclic amide) rings is 1. The number of aromatic nitrogens is 7.